The summed E-state index contributed by atoms with van der Waals surface area (Å²) in [5.74, 6) is -0.527. The van der Waals surface area contributed by atoms with Crippen LogP contribution in [0.2, 0.25) is 0 Å². The zero-order valence-corrected chi connectivity index (χ0v) is 8.38. The quantitative estimate of drug-likeness (QED) is 0.819. The van der Waals surface area contributed by atoms with E-state index in [9.17, 15) is 13.2 Å². The zero-order valence-electron chi connectivity index (χ0n) is 8.38. The van der Waals surface area contributed by atoms with Crippen molar-refractivity contribution in [3.63, 3.8) is 0 Å². The molecule has 0 spiro atoms. The normalized spacial score (nSPS) is 16.3. The molecule has 0 saturated heterocycles. The van der Waals surface area contributed by atoms with E-state index >= 15 is 0 Å². The SMILES string of the molecule is CC(N)(c1nc2ccccc2o1)C(F)(F)F. The van der Waals surface area contributed by atoms with Gasteiger partial charge in [0.15, 0.2) is 11.1 Å². The number of nitrogens with two attached hydrogens (primary N) is 1. The van der Waals surface area contributed by atoms with Gasteiger partial charge in [0, 0.05) is 0 Å². The Hall–Kier alpha value is -1.56. The Morgan fingerprint density at radius 2 is 1.88 bits per heavy atom. The highest BCUT2D eigenvalue weighted by Crippen LogP contribution is 2.36. The Balaban J connectivity index is 2.56. The Morgan fingerprint density at radius 1 is 1.25 bits per heavy atom. The highest BCUT2D eigenvalue weighted by molar-refractivity contribution is 5.72. The van der Waals surface area contributed by atoms with Gasteiger partial charge in [-0.25, -0.2) is 4.98 Å². The van der Waals surface area contributed by atoms with Gasteiger partial charge in [0.05, 0.1) is 0 Å². The average Bonchev–Trinajstić information content (AvgIpc) is 2.59. The van der Waals surface area contributed by atoms with Gasteiger partial charge >= 0.3 is 6.18 Å². The number of aromatic nitrogens is 1. The molecule has 0 aliphatic rings. The van der Waals surface area contributed by atoms with Crippen molar-refractivity contribution in [3.8, 4) is 0 Å². The summed E-state index contributed by atoms with van der Waals surface area (Å²) in [6.07, 6.45) is -4.60. The van der Waals surface area contributed by atoms with Crippen LogP contribution in [0.1, 0.15) is 12.8 Å². The first kappa shape index (κ1) is 10.9. The highest BCUT2D eigenvalue weighted by atomic mass is 19.4. The maximum atomic E-state index is 12.6. The largest absolute Gasteiger partial charge is 0.438 e. The summed E-state index contributed by atoms with van der Waals surface area (Å²) >= 11 is 0. The lowest BCUT2D eigenvalue weighted by atomic mass is 10.0. The molecule has 6 heteroatoms. The molecule has 2 aromatic rings. The smallest absolute Gasteiger partial charge is 0.415 e. The molecule has 2 N–H and O–H groups in total. The fraction of sp³-hybridized carbons (Fsp3) is 0.300. The second kappa shape index (κ2) is 3.21. The van der Waals surface area contributed by atoms with Gasteiger partial charge in [-0.05, 0) is 19.1 Å². The fourth-order valence-electron chi connectivity index (χ4n) is 1.22. The standard InChI is InChI=1S/C10H9F3N2O/c1-9(14,10(11,12)13)8-15-6-4-2-3-5-7(6)16-8/h2-5H,14H2,1H3. The summed E-state index contributed by atoms with van der Waals surface area (Å²) in [7, 11) is 0. The maximum Gasteiger partial charge on any atom is 0.415 e. The van der Waals surface area contributed by atoms with Gasteiger partial charge in [-0.15, -0.1) is 0 Å². The van der Waals surface area contributed by atoms with Crippen molar-refractivity contribution in [3.05, 3.63) is 30.2 Å². The number of para-hydroxylation sites is 2. The number of fused-ring (bicyclic) bond motifs is 1. The van der Waals surface area contributed by atoms with Crippen LogP contribution >= 0.6 is 0 Å². The summed E-state index contributed by atoms with van der Waals surface area (Å²) in [6, 6.07) is 6.42. The van der Waals surface area contributed by atoms with Crippen LogP contribution in [0.4, 0.5) is 13.2 Å². The first-order chi connectivity index (χ1) is 7.32. The van der Waals surface area contributed by atoms with Crippen molar-refractivity contribution in [2.75, 3.05) is 0 Å². The number of nitrogens with zero attached hydrogens (tertiary/aromatic N) is 1. The van der Waals surface area contributed by atoms with E-state index in [1.165, 1.54) is 6.07 Å². The predicted octanol–water partition coefficient (Wildman–Crippen LogP) is 2.56. The minimum atomic E-state index is -4.60. The number of alkyl halides is 3. The van der Waals surface area contributed by atoms with E-state index in [4.69, 9.17) is 10.2 Å². The molecule has 0 aliphatic heterocycles. The van der Waals surface area contributed by atoms with Crippen LogP contribution in [0.5, 0.6) is 0 Å². The predicted molar refractivity (Wildman–Crippen MR) is 51.6 cm³/mol. The van der Waals surface area contributed by atoms with Gasteiger partial charge in [0.1, 0.15) is 5.52 Å². The summed E-state index contributed by atoms with van der Waals surface area (Å²) in [5, 5.41) is 0. The molecule has 0 bridgehead atoms. The third-order valence-corrected chi connectivity index (χ3v) is 2.33. The molecule has 0 aliphatic carbocycles. The van der Waals surface area contributed by atoms with E-state index in [2.05, 4.69) is 4.98 Å². The molecule has 0 amide bonds. The van der Waals surface area contributed by atoms with Crippen LogP contribution in [0.3, 0.4) is 0 Å². The van der Waals surface area contributed by atoms with Gasteiger partial charge in [-0.2, -0.15) is 13.2 Å². The molecular formula is C10H9F3N2O. The van der Waals surface area contributed by atoms with E-state index in [-0.39, 0.29) is 0 Å². The van der Waals surface area contributed by atoms with E-state index in [0.29, 0.717) is 11.1 Å². The molecule has 1 heterocycles. The van der Waals surface area contributed by atoms with E-state index in [1.54, 1.807) is 18.2 Å². The Bertz CT molecular complexity index is 483. The molecule has 2 rings (SSSR count). The van der Waals surface area contributed by atoms with Crippen LogP contribution in [0.15, 0.2) is 28.7 Å². The summed E-state index contributed by atoms with van der Waals surface area (Å²) in [6.45, 7) is 0.831. The Labute approximate surface area is 89.1 Å². The van der Waals surface area contributed by atoms with Gasteiger partial charge in [0.25, 0.3) is 0 Å². The summed E-state index contributed by atoms with van der Waals surface area (Å²) < 4.78 is 42.9. The summed E-state index contributed by atoms with van der Waals surface area (Å²) in [5.41, 5.74) is 3.27. The molecule has 1 atom stereocenters. The van der Waals surface area contributed by atoms with Crippen molar-refractivity contribution >= 4 is 11.1 Å². The molecule has 3 nitrogen and oxygen atoms in total. The van der Waals surface area contributed by atoms with Crippen LogP contribution in [-0.2, 0) is 5.54 Å². The van der Waals surface area contributed by atoms with Crippen molar-refractivity contribution in [1.82, 2.24) is 4.98 Å². The average molecular weight is 230 g/mol. The number of hydrogen-bond acceptors (Lipinski definition) is 3. The number of hydrogen-bond donors (Lipinski definition) is 1. The molecule has 0 saturated carbocycles. The number of benzene rings is 1. The molecule has 1 aromatic heterocycles. The van der Waals surface area contributed by atoms with Crippen molar-refractivity contribution in [2.45, 2.75) is 18.6 Å². The highest BCUT2D eigenvalue weighted by Gasteiger charge is 2.53. The Kier molecular flexibility index (Phi) is 2.20. The second-order valence-electron chi connectivity index (χ2n) is 3.69. The van der Waals surface area contributed by atoms with Crippen LogP contribution < -0.4 is 5.73 Å². The lowest BCUT2D eigenvalue weighted by Crippen LogP contribution is -2.47. The lowest BCUT2D eigenvalue weighted by Gasteiger charge is -2.23. The van der Waals surface area contributed by atoms with Gasteiger partial charge in [-0.3, -0.25) is 0 Å². The van der Waals surface area contributed by atoms with Crippen LogP contribution in [0, 0.1) is 0 Å². The topological polar surface area (TPSA) is 52.0 Å². The second-order valence-corrected chi connectivity index (χ2v) is 3.69. The first-order valence-corrected chi connectivity index (χ1v) is 4.54. The van der Waals surface area contributed by atoms with Crippen molar-refractivity contribution in [2.24, 2.45) is 5.73 Å². The molecule has 0 radical (unpaired) electrons. The first-order valence-electron chi connectivity index (χ1n) is 4.54. The number of oxazole rings is 1. The summed E-state index contributed by atoms with van der Waals surface area (Å²) in [4.78, 5) is 3.74. The van der Waals surface area contributed by atoms with Crippen LogP contribution in [0.25, 0.3) is 11.1 Å². The van der Waals surface area contributed by atoms with Gasteiger partial charge in [-0.1, -0.05) is 12.1 Å². The zero-order chi connectivity index (χ0) is 12.0. The van der Waals surface area contributed by atoms with Crippen molar-refractivity contribution < 1.29 is 17.6 Å². The van der Waals surface area contributed by atoms with E-state index in [0.717, 1.165) is 6.92 Å². The van der Waals surface area contributed by atoms with Gasteiger partial charge in [0.2, 0.25) is 5.89 Å². The lowest BCUT2D eigenvalue weighted by molar-refractivity contribution is -0.189. The van der Waals surface area contributed by atoms with E-state index < -0.39 is 17.6 Å². The minimum absolute atomic E-state index is 0.290. The molecule has 0 fully saturated rings. The van der Waals surface area contributed by atoms with E-state index in [1.807, 2.05) is 0 Å². The number of halogens is 3. The fourth-order valence-corrected chi connectivity index (χ4v) is 1.22. The third kappa shape index (κ3) is 1.55. The van der Waals surface area contributed by atoms with Crippen molar-refractivity contribution in [1.29, 1.82) is 0 Å². The minimum Gasteiger partial charge on any atom is -0.438 e. The number of rotatable bonds is 1. The molecular weight excluding hydrogens is 221 g/mol. The monoisotopic (exact) mass is 230 g/mol. The van der Waals surface area contributed by atoms with Gasteiger partial charge < -0.3 is 10.2 Å². The molecule has 1 unspecified atom stereocenters. The maximum absolute atomic E-state index is 12.6. The van der Waals surface area contributed by atoms with Crippen LogP contribution in [-0.4, -0.2) is 11.2 Å². The molecule has 1 aromatic carbocycles. The Morgan fingerprint density at radius 3 is 2.44 bits per heavy atom. The third-order valence-electron chi connectivity index (χ3n) is 2.33. The molecule has 86 valence electrons. The molecule has 16 heavy (non-hydrogen) atoms.